The SMILES string of the molecule is CN(C)c1nc(N2CCCCC2)ncc1NC(=O)c1cnc2ccccc2n1. The third kappa shape index (κ3) is 3.71. The molecule has 4 rings (SSSR count). The second kappa shape index (κ2) is 7.75. The Labute approximate surface area is 163 Å². The van der Waals surface area contributed by atoms with Gasteiger partial charge in [0, 0.05) is 27.2 Å². The van der Waals surface area contributed by atoms with Gasteiger partial charge in [0.05, 0.1) is 23.4 Å². The molecule has 0 aliphatic carbocycles. The summed E-state index contributed by atoms with van der Waals surface area (Å²) in [5.41, 5.74) is 2.23. The Morgan fingerprint density at radius 1 is 1.00 bits per heavy atom. The summed E-state index contributed by atoms with van der Waals surface area (Å²) in [7, 11) is 3.79. The number of carbonyl (C=O) groups is 1. The molecule has 28 heavy (non-hydrogen) atoms. The van der Waals surface area contributed by atoms with Crippen LogP contribution >= 0.6 is 0 Å². The lowest BCUT2D eigenvalue weighted by molar-refractivity contribution is 0.102. The fourth-order valence-corrected chi connectivity index (χ4v) is 3.29. The molecule has 0 atom stereocenters. The van der Waals surface area contributed by atoms with Gasteiger partial charge in [-0.2, -0.15) is 4.98 Å². The van der Waals surface area contributed by atoms with Gasteiger partial charge in [-0.05, 0) is 31.4 Å². The molecule has 144 valence electrons. The molecule has 0 bridgehead atoms. The third-order valence-electron chi connectivity index (χ3n) is 4.75. The van der Waals surface area contributed by atoms with Crippen molar-refractivity contribution in [2.24, 2.45) is 0 Å². The van der Waals surface area contributed by atoms with Crippen molar-refractivity contribution in [3.8, 4) is 0 Å². The molecule has 1 N–H and O–H groups in total. The Morgan fingerprint density at radius 3 is 2.50 bits per heavy atom. The van der Waals surface area contributed by atoms with Crippen LogP contribution in [0.2, 0.25) is 0 Å². The van der Waals surface area contributed by atoms with Crippen molar-refractivity contribution in [3.63, 3.8) is 0 Å². The topological polar surface area (TPSA) is 87.1 Å². The van der Waals surface area contributed by atoms with Gasteiger partial charge < -0.3 is 15.1 Å². The lowest BCUT2D eigenvalue weighted by Gasteiger charge is -2.28. The van der Waals surface area contributed by atoms with Crippen molar-refractivity contribution in [2.45, 2.75) is 19.3 Å². The van der Waals surface area contributed by atoms with Crippen LogP contribution in [0, 0.1) is 0 Å². The van der Waals surface area contributed by atoms with E-state index in [-0.39, 0.29) is 11.6 Å². The second-order valence-corrected chi connectivity index (χ2v) is 7.05. The van der Waals surface area contributed by atoms with Gasteiger partial charge in [-0.3, -0.25) is 9.78 Å². The molecule has 0 radical (unpaired) electrons. The number of rotatable bonds is 4. The highest BCUT2D eigenvalue weighted by atomic mass is 16.1. The first kappa shape index (κ1) is 18.1. The zero-order valence-electron chi connectivity index (χ0n) is 16.1. The fraction of sp³-hybridized carbons (Fsp3) is 0.350. The van der Waals surface area contributed by atoms with E-state index in [0.717, 1.165) is 31.4 Å². The number of aromatic nitrogens is 4. The maximum absolute atomic E-state index is 12.7. The Kier molecular flexibility index (Phi) is 5.01. The molecule has 3 aromatic rings. The predicted molar refractivity (Wildman–Crippen MR) is 110 cm³/mol. The fourth-order valence-electron chi connectivity index (χ4n) is 3.29. The van der Waals surface area contributed by atoms with Crippen LogP contribution in [0.5, 0.6) is 0 Å². The summed E-state index contributed by atoms with van der Waals surface area (Å²) in [6.45, 7) is 1.93. The molecule has 0 unspecified atom stereocenters. The van der Waals surface area contributed by atoms with Crippen molar-refractivity contribution in [1.82, 2.24) is 19.9 Å². The number of nitrogens with zero attached hydrogens (tertiary/aromatic N) is 6. The lowest BCUT2D eigenvalue weighted by Crippen LogP contribution is -2.31. The summed E-state index contributed by atoms with van der Waals surface area (Å²) < 4.78 is 0. The van der Waals surface area contributed by atoms with Gasteiger partial charge in [-0.25, -0.2) is 9.97 Å². The third-order valence-corrected chi connectivity index (χ3v) is 4.75. The Morgan fingerprint density at radius 2 is 1.75 bits per heavy atom. The minimum atomic E-state index is -0.337. The van der Waals surface area contributed by atoms with Crippen LogP contribution in [0.3, 0.4) is 0 Å². The van der Waals surface area contributed by atoms with Crippen molar-refractivity contribution in [3.05, 3.63) is 42.4 Å². The summed E-state index contributed by atoms with van der Waals surface area (Å²) >= 11 is 0. The molecule has 1 aliphatic rings. The molecule has 1 aliphatic heterocycles. The van der Waals surface area contributed by atoms with Gasteiger partial charge in [0.25, 0.3) is 5.91 Å². The number of para-hydroxylation sites is 2. The molecule has 0 saturated carbocycles. The maximum atomic E-state index is 12.7. The van der Waals surface area contributed by atoms with E-state index < -0.39 is 0 Å². The van der Waals surface area contributed by atoms with E-state index in [1.54, 1.807) is 6.20 Å². The van der Waals surface area contributed by atoms with Crippen LogP contribution in [-0.4, -0.2) is 53.0 Å². The van der Waals surface area contributed by atoms with Crippen LogP contribution in [0.4, 0.5) is 17.5 Å². The number of benzene rings is 1. The average Bonchev–Trinajstić information content (AvgIpc) is 2.74. The van der Waals surface area contributed by atoms with Crippen molar-refractivity contribution in [1.29, 1.82) is 0 Å². The lowest BCUT2D eigenvalue weighted by atomic mass is 10.1. The average molecular weight is 377 g/mol. The summed E-state index contributed by atoms with van der Waals surface area (Å²) in [6.07, 6.45) is 6.70. The summed E-state index contributed by atoms with van der Waals surface area (Å²) in [5, 5.41) is 2.88. The number of anilines is 3. The molecule has 8 nitrogen and oxygen atoms in total. The quantitative estimate of drug-likeness (QED) is 0.748. The molecule has 1 fully saturated rings. The highest BCUT2D eigenvalue weighted by Crippen LogP contribution is 2.25. The minimum Gasteiger partial charge on any atom is -0.361 e. The molecular formula is C20H23N7O. The van der Waals surface area contributed by atoms with Crippen molar-refractivity contribution in [2.75, 3.05) is 42.3 Å². The standard InChI is InChI=1S/C20H23N7O/c1-26(2)18-16(12-22-20(25-18)27-10-6-3-7-11-27)24-19(28)17-13-21-14-8-4-5-9-15(14)23-17/h4-5,8-9,12-13H,3,6-7,10-11H2,1-2H3,(H,24,28). The maximum Gasteiger partial charge on any atom is 0.276 e. The Bertz CT molecular complexity index is 999. The van der Waals surface area contributed by atoms with Crippen LogP contribution < -0.4 is 15.1 Å². The van der Waals surface area contributed by atoms with Gasteiger partial charge in [-0.15, -0.1) is 0 Å². The molecule has 3 heterocycles. The number of amides is 1. The van der Waals surface area contributed by atoms with E-state index in [9.17, 15) is 4.79 Å². The molecule has 0 spiro atoms. The second-order valence-electron chi connectivity index (χ2n) is 7.05. The first-order chi connectivity index (χ1) is 13.6. The smallest absolute Gasteiger partial charge is 0.276 e. The Balaban J connectivity index is 1.59. The number of piperidine rings is 1. The van der Waals surface area contributed by atoms with Gasteiger partial charge in [0.15, 0.2) is 5.82 Å². The van der Waals surface area contributed by atoms with Crippen molar-refractivity contribution < 1.29 is 4.79 Å². The van der Waals surface area contributed by atoms with Crippen LogP contribution in [-0.2, 0) is 0 Å². The van der Waals surface area contributed by atoms with E-state index >= 15 is 0 Å². The molecule has 2 aromatic heterocycles. The van der Waals surface area contributed by atoms with E-state index in [4.69, 9.17) is 0 Å². The predicted octanol–water partition coefficient (Wildman–Crippen LogP) is 2.73. The molecule has 1 saturated heterocycles. The van der Waals surface area contributed by atoms with Crippen LogP contribution in [0.15, 0.2) is 36.7 Å². The molecule has 1 amide bonds. The number of carbonyl (C=O) groups excluding carboxylic acids is 1. The minimum absolute atomic E-state index is 0.253. The highest BCUT2D eigenvalue weighted by molar-refractivity contribution is 6.04. The summed E-state index contributed by atoms with van der Waals surface area (Å²) in [6, 6.07) is 7.46. The van der Waals surface area contributed by atoms with E-state index in [1.165, 1.54) is 12.6 Å². The number of nitrogens with one attached hydrogen (secondary N) is 1. The zero-order valence-corrected chi connectivity index (χ0v) is 16.1. The van der Waals surface area contributed by atoms with Gasteiger partial charge in [0.1, 0.15) is 11.4 Å². The Hall–Kier alpha value is -3.29. The van der Waals surface area contributed by atoms with E-state index in [2.05, 4.69) is 30.2 Å². The van der Waals surface area contributed by atoms with Gasteiger partial charge >= 0.3 is 0 Å². The van der Waals surface area contributed by atoms with Crippen molar-refractivity contribution >= 4 is 34.4 Å². The first-order valence-electron chi connectivity index (χ1n) is 9.44. The molecule has 8 heteroatoms. The van der Waals surface area contributed by atoms with Gasteiger partial charge in [0.2, 0.25) is 5.95 Å². The van der Waals surface area contributed by atoms with Crippen LogP contribution in [0.1, 0.15) is 29.8 Å². The highest BCUT2D eigenvalue weighted by Gasteiger charge is 2.18. The number of hydrogen-bond acceptors (Lipinski definition) is 7. The first-order valence-corrected chi connectivity index (χ1v) is 9.44. The van der Waals surface area contributed by atoms with Crippen LogP contribution in [0.25, 0.3) is 11.0 Å². The van der Waals surface area contributed by atoms with Gasteiger partial charge in [-0.1, -0.05) is 12.1 Å². The number of hydrogen-bond donors (Lipinski definition) is 1. The largest absolute Gasteiger partial charge is 0.361 e. The molecule has 1 aromatic carbocycles. The molecular weight excluding hydrogens is 354 g/mol. The normalized spacial score (nSPS) is 14.1. The van der Waals surface area contributed by atoms with E-state index in [1.807, 2.05) is 43.3 Å². The van der Waals surface area contributed by atoms with E-state index in [0.29, 0.717) is 23.0 Å². The monoisotopic (exact) mass is 377 g/mol. The summed E-state index contributed by atoms with van der Waals surface area (Å²) in [5.74, 6) is 1.03. The number of fused-ring (bicyclic) bond motifs is 1. The zero-order chi connectivity index (χ0) is 19.5. The summed E-state index contributed by atoms with van der Waals surface area (Å²) in [4.78, 5) is 34.7.